The SMILES string of the molecule is Cc1nn(C(F)F)c(C)c1N.Cl. The minimum Gasteiger partial charge on any atom is -0.396 e. The monoisotopic (exact) mass is 197 g/mol. The van der Waals surface area contributed by atoms with Gasteiger partial charge >= 0.3 is 6.55 Å². The number of nitrogens with zero attached hydrogens (tertiary/aromatic N) is 2. The maximum absolute atomic E-state index is 12.1. The second-order valence-corrected chi connectivity index (χ2v) is 2.31. The lowest BCUT2D eigenvalue weighted by molar-refractivity contribution is 0.0542. The summed E-state index contributed by atoms with van der Waals surface area (Å²) >= 11 is 0. The van der Waals surface area contributed by atoms with E-state index >= 15 is 0 Å². The zero-order valence-electron chi connectivity index (χ0n) is 6.71. The molecule has 1 aromatic rings. The van der Waals surface area contributed by atoms with Crippen molar-refractivity contribution in [3.8, 4) is 0 Å². The standard InChI is InChI=1S/C6H9F2N3.ClH/c1-3-5(9)4(2)11(10-3)6(7)8;/h6H,9H2,1-2H3;1H. The van der Waals surface area contributed by atoms with Crippen molar-refractivity contribution in [2.24, 2.45) is 0 Å². The molecule has 0 radical (unpaired) electrons. The van der Waals surface area contributed by atoms with Gasteiger partial charge in [-0.05, 0) is 13.8 Å². The molecule has 0 aromatic carbocycles. The van der Waals surface area contributed by atoms with E-state index in [4.69, 9.17) is 5.73 Å². The van der Waals surface area contributed by atoms with Crippen molar-refractivity contribution >= 4 is 18.1 Å². The highest BCUT2D eigenvalue weighted by molar-refractivity contribution is 5.85. The minimum absolute atomic E-state index is 0. The highest BCUT2D eigenvalue weighted by Crippen LogP contribution is 2.20. The zero-order chi connectivity index (χ0) is 8.59. The summed E-state index contributed by atoms with van der Waals surface area (Å²) in [6, 6.07) is 0. The minimum atomic E-state index is -2.61. The van der Waals surface area contributed by atoms with Crippen molar-refractivity contribution in [1.82, 2.24) is 9.78 Å². The Bertz CT molecular complexity index is 272. The Morgan fingerprint density at radius 3 is 2.08 bits per heavy atom. The van der Waals surface area contributed by atoms with Crippen LogP contribution >= 0.6 is 12.4 Å². The molecule has 0 fully saturated rings. The molecule has 0 saturated heterocycles. The molecule has 0 amide bonds. The molecule has 0 aliphatic carbocycles. The Hall–Kier alpha value is -0.840. The van der Waals surface area contributed by atoms with Crippen LogP contribution < -0.4 is 5.73 Å². The van der Waals surface area contributed by atoms with Gasteiger partial charge in [0.1, 0.15) is 0 Å². The van der Waals surface area contributed by atoms with Gasteiger partial charge in [-0.25, -0.2) is 4.68 Å². The fourth-order valence-corrected chi connectivity index (χ4v) is 0.866. The van der Waals surface area contributed by atoms with Gasteiger partial charge in [-0.15, -0.1) is 12.4 Å². The van der Waals surface area contributed by atoms with Crippen molar-refractivity contribution in [2.45, 2.75) is 20.4 Å². The van der Waals surface area contributed by atoms with Crippen molar-refractivity contribution in [3.05, 3.63) is 11.4 Å². The van der Waals surface area contributed by atoms with Crippen LogP contribution in [0.2, 0.25) is 0 Å². The molecule has 0 aliphatic heterocycles. The van der Waals surface area contributed by atoms with Gasteiger partial charge in [0.2, 0.25) is 0 Å². The van der Waals surface area contributed by atoms with Crippen molar-refractivity contribution in [2.75, 3.05) is 5.73 Å². The van der Waals surface area contributed by atoms with E-state index in [0.717, 1.165) is 0 Å². The highest BCUT2D eigenvalue weighted by Gasteiger charge is 2.14. The van der Waals surface area contributed by atoms with E-state index in [2.05, 4.69) is 5.10 Å². The molecule has 0 bridgehead atoms. The maximum Gasteiger partial charge on any atom is 0.333 e. The Morgan fingerprint density at radius 2 is 1.92 bits per heavy atom. The van der Waals surface area contributed by atoms with Gasteiger partial charge in [-0.1, -0.05) is 0 Å². The molecular weight excluding hydrogens is 188 g/mol. The highest BCUT2D eigenvalue weighted by atomic mass is 35.5. The molecule has 1 heterocycles. The number of aromatic nitrogens is 2. The van der Waals surface area contributed by atoms with Crippen LogP contribution in [0.3, 0.4) is 0 Å². The van der Waals surface area contributed by atoms with Crippen molar-refractivity contribution in [3.63, 3.8) is 0 Å². The van der Waals surface area contributed by atoms with Crippen LogP contribution in [-0.4, -0.2) is 9.78 Å². The molecule has 0 spiro atoms. The summed E-state index contributed by atoms with van der Waals surface area (Å²) in [7, 11) is 0. The number of hydrogen-bond donors (Lipinski definition) is 1. The van der Waals surface area contributed by atoms with E-state index in [1.165, 1.54) is 6.92 Å². The number of nitrogens with two attached hydrogens (primary N) is 1. The van der Waals surface area contributed by atoms with Crippen LogP contribution in [0.25, 0.3) is 0 Å². The van der Waals surface area contributed by atoms with Crippen LogP contribution in [0.4, 0.5) is 14.5 Å². The first-order valence-corrected chi connectivity index (χ1v) is 3.13. The van der Waals surface area contributed by atoms with Crippen LogP contribution in [0, 0.1) is 13.8 Å². The van der Waals surface area contributed by atoms with Gasteiger partial charge < -0.3 is 5.73 Å². The summed E-state index contributed by atoms with van der Waals surface area (Å²) < 4.78 is 24.7. The number of hydrogen-bond acceptors (Lipinski definition) is 2. The Balaban J connectivity index is 0.00000121. The molecule has 2 N–H and O–H groups in total. The van der Waals surface area contributed by atoms with E-state index in [9.17, 15) is 8.78 Å². The lowest BCUT2D eigenvalue weighted by Crippen LogP contribution is -2.02. The fourth-order valence-electron chi connectivity index (χ4n) is 0.866. The smallest absolute Gasteiger partial charge is 0.333 e. The van der Waals surface area contributed by atoms with Gasteiger partial charge in [0.05, 0.1) is 17.1 Å². The first kappa shape index (κ1) is 11.2. The van der Waals surface area contributed by atoms with E-state index < -0.39 is 6.55 Å². The zero-order valence-corrected chi connectivity index (χ0v) is 7.53. The summed E-state index contributed by atoms with van der Waals surface area (Å²) in [4.78, 5) is 0. The third-order valence-corrected chi connectivity index (χ3v) is 1.57. The quantitative estimate of drug-likeness (QED) is 0.747. The van der Waals surface area contributed by atoms with E-state index in [0.29, 0.717) is 21.8 Å². The molecule has 1 aromatic heterocycles. The molecular formula is C6H10ClF2N3. The number of nitrogen functional groups attached to an aromatic ring is 1. The largest absolute Gasteiger partial charge is 0.396 e. The summed E-state index contributed by atoms with van der Waals surface area (Å²) in [5.41, 5.74) is 6.53. The average molecular weight is 198 g/mol. The lowest BCUT2D eigenvalue weighted by Gasteiger charge is -2.00. The van der Waals surface area contributed by atoms with Crippen molar-refractivity contribution in [1.29, 1.82) is 0 Å². The normalized spacial score (nSPS) is 10.1. The average Bonchev–Trinajstić information content (AvgIpc) is 2.17. The van der Waals surface area contributed by atoms with Crippen LogP contribution in [0.1, 0.15) is 17.9 Å². The summed E-state index contributed by atoms with van der Waals surface area (Å²) in [6.07, 6.45) is 0. The Kier molecular flexibility index (Phi) is 3.45. The Labute approximate surface area is 75.0 Å². The first-order chi connectivity index (χ1) is 5.04. The summed E-state index contributed by atoms with van der Waals surface area (Å²) in [5.74, 6) is 0. The lowest BCUT2D eigenvalue weighted by atomic mass is 10.3. The number of halogens is 3. The molecule has 70 valence electrons. The Morgan fingerprint density at radius 1 is 1.42 bits per heavy atom. The topological polar surface area (TPSA) is 43.8 Å². The molecule has 0 unspecified atom stereocenters. The van der Waals surface area contributed by atoms with Gasteiger partial charge in [-0.2, -0.15) is 13.9 Å². The van der Waals surface area contributed by atoms with E-state index in [1.54, 1.807) is 6.92 Å². The van der Waals surface area contributed by atoms with Gasteiger partial charge in [0.15, 0.2) is 0 Å². The number of alkyl halides is 2. The molecule has 0 aliphatic rings. The van der Waals surface area contributed by atoms with E-state index in [1.807, 2.05) is 0 Å². The maximum atomic E-state index is 12.1. The fraction of sp³-hybridized carbons (Fsp3) is 0.500. The second kappa shape index (κ2) is 3.71. The molecule has 6 heteroatoms. The molecule has 1 rings (SSSR count). The van der Waals surface area contributed by atoms with Gasteiger partial charge in [-0.3, -0.25) is 0 Å². The van der Waals surface area contributed by atoms with E-state index in [-0.39, 0.29) is 12.4 Å². The van der Waals surface area contributed by atoms with Crippen LogP contribution in [-0.2, 0) is 0 Å². The van der Waals surface area contributed by atoms with Crippen LogP contribution in [0.5, 0.6) is 0 Å². The molecule has 0 atom stereocenters. The second-order valence-electron chi connectivity index (χ2n) is 2.31. The predicted molar refractivity (Wildman–Crippen MR) is 44.6 cm³/mol. The number of rotatable bonds is 1. The molecule has 0 saturated carbocycles. The third kappa shape index (κ3) is 1.66. The molecule has 3 nitrogen and oxygen atoms in total. The summed E-state index contributed by atoms with van der Waals surface area (Å²) in [5, 5.41) is 3.55. The predicted octanol–water partition coefficient (Wildman–Crippen LogP) is 1.90. The number of anilines is 1. The number of aryl methyl sites for hydroxylation is 1. The van der Waals surface area contributed by atoms with Crippen molar-refractivity contribution < 1.29 is 8.78 Å². The third-order valence-electron chi connectivity index (χ3n) is 1.57. The van der Waals surface area contributed by atoms with Gasteiger partial charge in [0.25, 0.3) is 0 Å². The first-order valence-electron chi connectivity index (χ1n) is 3.13. The van der Waals surface area contributed by atoms with Gasteiger partial charge in [0, 0.05) is 0 Å². The molecule has 12 heavy (non-hydrogen) atoms. The van der Waals surface area contributed by atoms with Crippen LogP contribution in [0.15, 0.2) is 0 Å². The summed E-state index contributed by atoms with van der Waals surface area (Å²) in [6.45, 7) is 0.508.